The number of rotatable bonds is 20. The fourth-order valence-electron chi connectivity index (χ4n) is 5.02. The van der Waals surface area contributed by atoms with Gasteiger partial charge in [-0.05, 0) is 62.9 Å². The number of aliphatic carboxylic acids is 2. The Balaban J connectivity index is 3.20. The summed E-state index contributed by atoms with van der Waals surface area (Å²) in [7, 11) is 0. The highest BCUT2D eigenvalue weighted by molar-refractivity contribution is 7.98. The van der Waals surface area contributed by atoms with Gasteiger partial charge in [0.2, 0.25) is 29.5 Å². The maximum atomic E-state index is 13.6. The zero-order valence-corrected chi connectivity index (χ0v) is 28.5. The second-order valence-corrected chi connectivity index (χ2v) is 13.2. The molecule has 1 rings (SSSR count). The monoisotopic (exact) mass is 672 g/mol. The smallest absolute Gasteiger partial charge is 0.326 e. The molecule has 15 nitrogen and oxygen atoms in total. The molecule has 16 heteroatoms. The predicted octanol–water partition coefficient (Wildman–Crippen LogP) is 0.0585. The van der Waals surface area contributed by atoms with Gasteiger partial charge in [-0.2, -0.15) is 11.8 Å². The molecule has 1 heterocycles. The minimum atomic E-state index is -1.36. The zero-order chi connectivity index (χ0) is 35.1. The Morgan fingerprint density at radius 2 is 1.46 bits per heavy atom. The molecule has 0 aromatic rings. The van der Waals surface area contributed by atoms with Crippen molar-refractivity contribution in [3.63, 3.8) is 0 Å². The highest BCUT2D eigenvalue weighted by Gasteiger charge is 2.39. The van der Waals surface area contributed by atoms with Crippen LogP contribution in [0.5, 0.6) is 0 Å². The molecule has 0 unspecified atom stereocenters. The summed E-state index contributed by atoms with van der Waals surface area (Å²) in [5.74, 6) is -5.50. The standard InChI is InChI=1S/C30H52N6O9S/c1-7-17(4)24(30(44)45)35-27(41)20(12-14-46-6)32-26(40)19(10-11-23(37)38)33-28(42)22-9-8-13-36(22)29(43)21(15-16(2)3)34-25(39)18(5)31/h16-22,24H,7-15,31H2,1-6H3,(H,32,40)(H,33,42)(H,34,39)(H,35,41)(H,37,38)(H,44,45)/t17-,18-,19-,20-,21-,22-,24-/m0/s1. The number of carboxylic acids is 2. The van der Waals surface area contributed by atoms with Crippen molar-refractivity contribution in [2.24, 2.45) is 17.6 Å². The van der Waals surface area contributed by atoms with Crippen molar-refractivity contribution in [3.8, 4) is 0 Å². The van der Waals surface area contributed by atoms with Crippen molar-refractivity contribution < 1.29 is 43.8 Å². The molecule has 7 atom stereocenters. The molecule has 5 amide bonds. The molecule has 0 bridgehead atoms. The van der Waals surface area contributed by atoms with Crippen LogP contribution in [0.25, 0.3) is 0 Å². The second kappa shape index (κ2) is 20.0. The number of carboxylic acid groups (broad SMARTS) is 2. The molecule has 0 aromatic carbocycles. The van der Waals surface area contributed by atoms with Crippen LogP contribution in [0.2, 0.25) is 0 Å². The molecule has 262 valence electrons. The van der Waals surface area contributed by atoms with Crippen LogP contribution in [0.1, 0.15) is 79.6 Å². The third-order valence-electron chi connectivity index (χ3n) is 7.87. The fourth-order valence-corrected chi connectivity index (χ4v) is 5.49. The molecule has 1 aliphatic heterocycles. The Kier molecular flexibility index (Phi) is 17.6. The predicted molar refractivity (Wildman–Crippen MR) is 173 cm³/mol. The zero-order valence-electron chi connectivity index (χ0n) is 27.7. The van der Waals surface area contributed by atoms with Crippen molar-refractivity contribution in [2.45, 2.75) is 116 Å². The van der Waals surface area contributed by atoms with E-state index < -0.39 is 84.1 Å². The van der Waals surface area contributed by atoms with Crippen molar-refractivity contribution in [1.82, 2.24) is 26.2 Å². The molecule has 1 fully saturated rings. The van der Waals surface area contributed by atoms with Crippen molar-refractivity contribution in [1.29, 1.82) is 0 Å². The van der Waals surface area contributed by atoms with E-state index in [9.17, 15) is 43.8 Å². The molecule has 0 radical (unpaired) electrons. The van der Waals surface area contributed by atoms with Crippen molar-refractivity contribution >= 4 is 53.2 Å². The first kappa shape index (κ1) is 40.6. The molecule has 0 spiro atoms. The average molecular weight is 673 g/mol. The summed E-state index contributed by atoms with van der Waals surface area (Å²) in [5, 5.41) is 29.2. The molecule has 46 heavy (non-hydrogen) atoms. The van der Waals surface area contributed by atoms with Gasteiger partial charge in [-0.15, -0.1) is 0 Å². The lowest BCUT2D eigenvalue weighted by molar-refractivity contribution is -0.144. The summed E-state index contributed by atoms with van der Waals surface area (Å²) >= 11 is 1.41. The first-order valence-corrected chi connectivity index (χ1v) is 17.1. The first-order chi connectivity index (χ1) is 21.5. The normalized spacial score (nSPS) is 18.4. The van der Waals surface area contributed by atoms with Gasteiger partial charge < -0.3 is 42.1 Å². The Morgan fingerprint density at radius 1 is 0.870 bits per heavy atom. The van der Waals surface area contributed by atoms with E-state index in [0.717, 1.165) is 0 Å². The summed E-state index contributed by atoms with van der Waals surface area (Å²) in [5.41, 5.74) is 5.68. The lowest BCUT2D eigenvalue weighted by atomic mass is 9.98. The lowest BCUT2D eigenvalue weighted by Gasteiger charge is -2.31. The Hall–Kier alpha value is -3.40. The minimum absolute atomic E-state index is 0.0357. The summed E-state index contributed by atoms with van der Waals surface area (Å²) in [6, 6.07) is -6.43. The number of nitrogens with one attached hydrogen (secondary N) is 4. The van der Waals surface area contributed by atoms with E-state index in [-0.39, 0.29) is 37.6 Å². The van der Waals surface area contributed by atoms with Gasteiger partial charge in [0.25, 0.3) is 0 Å². The van der Waals surface area contributed by atoms with Gasteiger partial charge in [0.15, 0.2) is 0 Å². The first-order valence-electron chi connectivity index (χ1n) is 15.7. The number of nitrogens with two attached hydrogens (primary N) is 1. The molecular weight excluding hydrogens is 620 g/mol. The van der Waals surface area contributed by atoms with E-state index in [0.29, 0.717) is 25.0 Å². The van der Waals surface area contributed by atoms with E-state index >= 15 is 0 Å². The Labute approximate surface area is 274 Å². The quantitative estimate of drug-likeness (QED) is 0.0913. The summed E-state index contributed by atoms with van der Waals surface area (Å²) in [6.07, 6.45) is 2.76. The van der Waals surface area contributed by atoms with Gasteiger partial charge in [-0.25, -0.2) is 4.79 Å². The highest BCUT2D eigenvalue weighted by atomic mass is 32.2. The molecule has 1 saturated heterocycles. The topological polar surface area (TPSA) is 237 Å². The van der Waals surface area contributed by atoms with Crippen molar-refractivity contribution in [3.05, 3.63) is 0 Å². The molecule has 1 aliphatic rings. The number of amides is 5. The number of nitrogens with zero attached hydrogens (tertiary/aromatic N) is 1. The molecule has 0 aromatic heterocycles. The summed E-state index contributed by atoms with van der Waals surface area (Å²) in [4.78, 5) is 90.6. The molecule has 8 N–H and O–H groups in total. The van der Waals surface area contributed by atoms with Crippen LogP contribution in [0.15, 0.2) is 0 Å². The second-order valence-electron chi connectivity index (χ2n) is 12.2. The lowest BCUT2D eigenvalue weighted by Crippen LogP contribution is -2.59. The van der Waals surface area contributed by atoms with Gasteiger partial charge in [-0.1, -0.05) is 34.1 Å². The largest absolute Gasteiger partial charge is 0.481 e. The maximum Gasteiger partial charge on any atom is 0.326 e. The molecule has 0 aliphatic carbocycles. The van der Waals surface area contributed by atoms with E-state index in [1.54, 1.807) is 20.1 Å². The highest BCUT2D eigenvalue weighted by Crippen LogP contribution is 2.21. The van der Waals surface area contributed by atoms with Crippen LogP contribution in [-0.4, -0.2) is 111 Å². The third-order valence-corrected chi connectivity index (χ3v) is 8.52. The van der Waals surface area contributed by atoms with Crippen LogP contribution in [-0.2, 0) is 33.6 Å². The van der Waals surface area contributed by atoms with E-state index in [4.69, 9.17) is 5.73 Å². The van der Waals surface area contributed by atoms with Gasteiger partial charge in [-0.3, -0.25) is 28.8 Å². The number of hydrogen-bond acceptors (Lipinski definition) is 9. The fraction of sp³-hybridized carbons (Fsp3) is 0.767. The molecule has 0 saturated carbocycles. The number of thioether (sulfide) groups is 1. The third kappa shape index (κ3) is 13.1. The number of carbonyl (C=O) groups is 7. The SMILES string of the molecule is CC[C@H](C)[C@H](NC(=O)[C@H](CCSC)NC(=O)[C@H](CCC(=O)O)NC(=O)[C@@H]1CCCN1C(=O)[C@H](CC(C)C)NC(=O)[C@H](C)N)C(=O)O. The van der Waals surface area contributed by atoms with Gasteiger partial charge in [0.1, 0.15) is 30.2 Å². The van der Waals surface area contributed by atoms with E-state index in [1.165, 1.54) is 23.6 Å². The number of carbonyl (C=O) groups excluding carboxylic acids is 5. The van der Waals surface area contributed by atoms with Gasteiger partial charge >= 0.3 is 11.9 Å². The van der Waals surface area contributed by atoms with E-state index in [1.807, 2.05) is 13.8 Å². The Bertz CT molecular complexity index is 1090. The Morgan fingerprint density at radius 3 is 1.98 bits per heavy atom. The van der Waals surface area contributed by atoms with Gasteiger partial charge in [0, 0.05) is 13.0 Å². The summed E-state index contributed by atoms with van der Waals surface area (Å²) in [6.45, 7) is 8.97. The van der Waals surface area contributed by atoms with Crippen molar-refractivity contribution in [2.75, 3.05) is 18.6 Å². The van der Waals surface area contributed by atoms with Crippen LogP contribution < -0.4 is 27.0 Å². The summed E-state index contributed by atoms with van der Waals surface area (Å²) < 4.78 is 0. The maximum absolute atomic E-state index is 13.6. The number of hydrogen-bond donors (Lipinski definition) is 7. The number of likely N-dealkylation sites (tertiary alicyclic amines) is 1. The minimum Gasteiger partial charge on any atom is -0.481 e. The van der Waals surface area contributed by atoms with Crippen LogP contribution in [0, 0.1) is 11.8 Å². The van der Waals surface area contributed by atoms with Gasteiger partial charge in [0.05, 0.1) is 6.04 Å². The van der Waals surface area contributed by atoms with Crippen LogP contribution >= 0.6 is 11.8 Å². The van der Waals surface area contributed by atoms with Crippen LogP contribution in [0.3, 0.4) is 0 Å². The average Bonchev–Trinajstić information content (AvgIpc) is 3.48. The van der Waals surface area contributed by atoms with E-state index in [2.05, 4.69) is 21.3 Å². The van der Waals surface area contributed by atoms with Crippen LogP contribution in [0.4, 0.5) is 0 Å². The molecular formula is C30H52N6O9S.